The van der Waals surface area contributed by atoms with Gasteiger partial charge in [-0.15, -0.1) is 0 Å². The Labute approximate surface area is 80.1 Å². The van der Waals surface area contributed by atoms with Crippen LogP contribution < -0.4 is 10.5 Å². The standard InChI is InChI=1S/C8H10N2O4/c1-14-7-3-6(10(12)13)2-5(4-9)8(7)11/h2-3,11H,4,9H2,1H3. The fraction of sp³-hybridized carbons (Fsp3) is 0.250. The minimum atomic E-state index is -0.568. The van der Waals surface area contributed by atoms with Gasteiger partial charge in [-0.3, -0.25) is 10.1 Å². The van der Waals surface area contributed by atoms with E-state index in [1.807, 2.05) is 0 Å². The summed E-state index contributed by atoms with van der Waals surface area (Å²) in [5.74, 6) is -0.0970. The average molecular weight is 198 g/mol. The van der Waals surface area contributed by atoms with Crippen LogP contribution >= 0.6 is 0 Å². The third-order valence-corrected chi connectivity index (χ3v) is 1.79. The van der Waals surface area contributed by atoms with E-state index in [0.717, 1.165) is 6.07 Å². The monoisotopic (exact) mass is 198 g/mol. The lowest BCUT2D eigenvalue weighted by Gasteiger charge is -2.06. The highest BCUT2D eigenvalue weighted by molar-refractivity contribution is 5.53. The van der Waals surface area contributed by atoms with Crippen LogP contribution in [-0.4, -0.2) is 17.1 Å². The van der Waals surface area contributed by atoms with E-state index in [2.05, 4.69) is 0 Å². The van der Waals surface area contributed by atoms with Gasteiger partial charge in [0.05, 0.1) is 18.1 Å². The molecule has 0 bridgehead atoms. The number of nitrogens with two attached hydrogens (primary N) is 1. The van der Waals surface area contributed by atoms with E-state index in [4.69, 9.17) is 10.5 Å². The molecule has 14 heavy (non-hydrogen) atoms. The van der Waals surface area contributed by atoms with E-state index >= 15 is 0 Å². The third-order valence-electron chi connectivity index (χ3n) is 1.79. The molecule has 76 valence electrons. The number of nitro groups is 1. The van der Waals surface area contributed by atoms with Gasteiger partial charge in [-0.2, -0.15) is 0 Å². The summed E-state index contributed by atoms with van der Waals surface area (Å²) in [5, 5.41) is 19.9. The van der Waals surface area contributed by atoms with Crippen molar-refractivity contribution in [1.29, 1.82) is 0 Å². The number of phenolic OH excluding ortho intramolecular Hbond substituents is 1. The molecule has 1 rings (SSSR count). The molecule has 0 saturated heterocycles. The number of non-ortho nitro benzene ring substituents is 1. The first-order valence-corrected chi connectivity index (χ1v) is 3.84. The summed E-state index contributed by atoms with van der Waals surface area (Å²) < 4.78 is 4.77. The van der Waals surface area contributed by atoms with Gasteiger partial charge in [-0.05, 0) is 0 Å². The van der Waals surface area contributed by atoms with Crippen LogP contribution in [0.2, 0.25) is 0 Å². The van der Waals surface area contributed by atoms with Gasteiger partial charge in [0.1, 0.15) is 0 Å². The van der Waals surface area contributed by atoms with E-state index in [0.29, 0.717) is 0 Å². The summed E-state index contributed by atoms with van der Waals surface area (Å²) in [6.45, 7) is 0.0177. The Hall–Kier alpha value is -1.82. The fourth-order valence-corrected chi connectivity index (χ4v) is 1.07. The highest BCUT2D eigenvalue weighted by Crippen LogP contribution is 2.33. The number of hydrogen-bond acceptors (Lipinski definition) is 5. The molecule has 6 heteroatoms. The molecule has 0 fully saturated rings. The molecule has 0 unspecified atom stereocenters. The highest BCUT2D eigenvalue weighted by atomic mass is 16.6. The quantitative estimate of drug-likeness (QED) is 0.552. The Bertz CT molecular complexity index is 339. The summed E-state index contributed by atoms with van der Waals surface area (Å²) >= 11 is 0. The van der Waals surface area contributed by atoms with Gasteiger partial charge in [0, 0.05) is 18.2 Å². The van der Waals surface area contributed by atoms with Crippen LogP contribution in [0.3, 0.4) is 0 Å². The Balaban J connectivity index is 3.32. The number of methoxy groups -OCH3 is 1. The molecule has 0 aliphatic carbocycles. The van der Waals surface area contributed by atoms with Gasteiger partial charge >= 0.3 is 0 Å². The first-order chi connectivity index (χ1) is 6.60. The molecule has 0 saturated carbocycles. The van der Waals surface area contributed by atoms with Crippen LogP contribution in [0.5, 0.6) is 11.5 Å². The molecule has 0 aliphatic rings. The lowest BCUT2D eigenvalue weighted by molar-refractivity contribution is -0.385. The number of nitro benzene ring substituents is 1. The molecule has 3 N–H and O–H groups in total. The number of rotatable bonds is 3. The number of ether oxygens (including phenoxy) is 1. The molecule has 6 nitrogen and oxygen atoms in total. The van der Waals surface area contributed by atoms with E-state index in [1.165, 1.54) is 13.2 Å². The van der Waals surface area contributed by atoms with Crippen molar-refractivity contribution in [2.45, 2.75) is 6.54 Å². The largest absolute Gasteiger partial charge is 0.504 e. The number of phenols is 1. The van der Waals surface area contributed by atoms with Crippen molar-refractivity contribution < 1.29 is 14.8 Å². The van der Waals surface area contributed by atoms with Crippen molar-refractivity contribution in [1.82, 2.24) is 0 Å². The first kappa shape index (κ1) is 10.3. The smallest absolute Gasteiger partial charge is 0.273 e. The molecule has 0 aliphatic heterocycles. The molecular formula is C8H10N2O4. The van der Waals surface area contributed by atoms with Crippen LogP contribution in [0.1, 0.15) is 5.56 Å². The van der Waals surface area contributed by atoms with Crippen LogP contribution in [0.4, 0.5) is 5.69 Å². The van der Waals surface area contributed by atoms with Gasteiger partial charge in [0.2, 0.25) is 0 Å². The highest BCUT2D eigenvalue weighted by Gasteiger charge is 2.15. The van der Waals surface area contributed by atoms with E-state index in [-0.39, 0.29) is 29.3 Å². The van der Waals surface area contributed by atoms with Crippen molar-refractivity contribution in [2.24, 2.45) is 5.73 Å². The number of benzene rings is 1. The van der Waals surface area contributed by atoms with Gasteiger partial charge in [-0.25, -0.2) is 0 Å². The summed E-state index contributed by atoms with van der Waals surface area (Å²) in [7, 11) is 1.32. The van der Waals surface area contributed by atoms with Crippen molar-refractivity contribution in [3.63, 3.8) is 0 Å². The maximum absolute atomic E-state index is 10.5. The topological polar surface area (TPSA) is 98.6 Å². The Morgan fingerprint density at radius 1 is 1.64 bits per heavy atom. The van der Waals surface area contributed by atoms with Crippen LogP contribution in [0.25, 0.3) is 0 Å². The predicted molar refractivity (Wildman–Crippen MR) is 49.2 cm³/mol. The molecule has 0 amide bonds. The van der Waals surface area contributed by atoms with Crippen molar-refractivity contribution >= 4 is 5.69 Å². The molecule has 0 atom stereocenters. The molecule has 1 aromatic carbocycles. The average Bonchev–Trinajstić information content (AvgIpc) is 2.17. The number of hydrogen-bond donors (Lipinski definition) is 2. The zero-order chi connectivity index (χ0) is 10.7. The minimum absolute atomic E-state index is 0.0177. The Morgan fingerprint density at radius 2 is 2.29 bits per heavy atom. The Morgan fingerprint density at radius 3 is 2.71 bits per heavy atom. The number of aromatic hydroxyl groups is 1. The van der Waals surface area contributed by atoms with E-state index in [1.54, 1.807) is 0 Å². The van der Waals surface area contributed by atoms with E-state index < -0.39 is 4.92 Å². The second kappa shape index (κ2) is 3.93. The summed E-state index contributed by atoms with van der Waals surface area (Å²) in [6.07, 6.45) is 0. The number of nitrogens with zero attached hydrogens (tertiary/aromatic N) is 1. The molecule has 0 spiro atoms. The summed E-state index contributed by atoms with van der Waals surface area (Å²) in [4.78, 5) is 9.91. The summed E-state index contributed by atoms with van der Waals surface area (Å²) in [6, 6.07) is 2.37. The third kappa shape index (κ3) is 1.74. The normalized spacial score (nSPS) is 9.86. The second-order valence-electron chi connectivity index (χ2n) is 2.62. The molecule has 0 heterocycles. The summed E-state index contributed by atoms with van der Waals surface area (Å²) in [5.41, 5.74) is 5.44. The minimum Gasteiger partial charge on any atom is -0.504 e. The van der Waals surface area contributed by atoms with Crippen LogP contribution in [0.15, 0.2) is 12.1 Å². The van der Waals surface area contributed by atoms with Gasteiger partial charge < -0.3 is 15.6 Å². The first-order valence-electron chi connectivity index (χ1n) is 3.84. The molecule has 1 aromatic rings. The lowest BCUT2D eigenvalue weighted by Crippen LogP contribution is -2.00. The van der Waals surface area contributed by atoms with Gasteiger partial charge in [0.15, 0.2) is 11.5 Å². The van der Waals surface area contributed by atoms with Crippen molar-refractivity contribution in [3.8, 4) is 11.5 Å². The SMILES string of the molecule is COc1cc([N+](=O)[O-])cc(CN)c1O. The zero-order valence-electron chi connectivity index (χ0n) is 7.56. The fourth-order valence-electron chi connectivity index (χ4n) is 1.07. The van der Waals surface area contributed by atoms with Gasteiger partial charge in [-0.1, -0.05) is 0 Å². The van der Waals surface area contributed by atoms with Gasteiger partial charge in [0.25, 0.3) is 5.69 Å². The molecular weight excluding hydrogens is 188 g/mol. The lowest BCUT2D eigenvalue weighted by atomic mass is 10.1. The van der Waals surface area contributed by atoms with Crippen molar-refractivity contribution in [2.75, 3.05) is 7.11 Å². The second-order valence-corrected chi connectivity index (χ2v) is 2.62. The zero-order valence-corrected chi connectivity index (χ0v) is 7.56. The maximum atomic E-state index is 10.5. The maximum Gasteiger partial charge on any atom is 0.273 e. The van der Waals surface area contributed by atoms with Crippen LogP contribution in [-0.2, 0) is 6.54 Å². The Kier molecular flexibility index (Phi) is 2.88. The predicted octanol–water partition coefficient (Wildman–Crippen LogP) is 0.768. The van der Waals surface area contributed by atoms with Crippen molar-refractivity contribution in [3.05, 3.63) is 27.8 Å². The molecule has 0 radical (unpaired) electrons. The van der Waals surface area contributed by atoms with E-state index in [9.17, 15) is 15.2 Å². The molecule has 0 aromatic heterocycles. The van der Waals surface area contributed by atoms with Crippen LogP contribution in [0, 0.1) is 10.1 Å².